The zero-order valence-corrected chi connectivity index (χ0v) is 9.72. The highest BCUT2D eigenvalue weighted by molar-refractivity contribution is 5.19. The van der Waals surface area contributed by atoms with E-state index in [4.69, 9.17) is 0 Å². The molecular formula is C12H12F3N3. The van der Waals surface area contributed by atoms with Crippen LogP contribution in [0.2, 0.25) is 0 Å². The van der Waals surface area contributed by atoms with E-state index in [0.717, 1.165) is 12.5 Å². The lowest BCUT2D eigenvalue weighted by atomic mass is 10.1. The summed E-state index contributed by atoms with van der Waals surface area (Å²) < 4.78 is 38.9. The van der Waals surface area contributed by atoms with Gasteiger partial charge >= 0.3 is 6.18 Å². The Morgan fingerprint density at radius 1 is 1.33 bits per heavy atom. The third-order valence-electron chi connectivity index (χ3n) is 2.69. The van der Waals surface area contributed by atoms with Gasteiger partial charge in [0, 0.05) is 18.6 Å². The average molecular weight is 255 g/mol. The number of hydrogen-bond acceptors (Lipinski definition) is 2. The van der Waals surface area contributed by atoms with Gasteiger partial charge < -0.3 is 0 Å². The highest BCUT2D eigenvalue weighted by Gasteiger charge is 2.32. The highest BCUT2D eigenvalue weighted by atomic mass is 19.4. The van der Waals surface area contributed by atoms with E-state index in [-0.39, 0.29) is 6.04 Å². The van der Waals surface area contributed by atoms with Gasteiger partial charge in [0.05, 0.1) is 6.04 Å². The number of hydrogen-bond donors (Lipinski definition) is 0. The number of rotatable bonds is 3. The minimum absolute atomic E-state index is 0.0882. The Hall–Kier alpha value is -1.85. The maximum atomic E-state index is 12.4. The molecule has 18 heavy (non-hydrogen) atoms. The largest absolute Gasteiger partial charge is 0.433 e. The second kappa shape index (κ2) is 4.80. The first-order valence-corrected chi connectivity index (χ1v) is 5.54. The van der Waals surface area contributed by atoms with Crippen LogP contribution < -0.4 is 0 Å². The lowest BCUT2D eigenvalue weighted by Gasteiger charge is -2.16. The summed E-state index contributed by atoms with van der Waals surface area (Å²) in [5, 5.41) is 4.10. The van der Waals surface area contributed by atoms with Crippen LogP contribution in [0.5, 0.6) is 0 Å². The average Bonchev–Trinajstić information content (AvgIpc) is 2.83. The standard InChI is InChI=1S/C12H12F3N3/c1-2-10(18-7-3-6-17-18)9-4-5-11(16-8-9)12(13,14)15/h3-8,10H,2H2,1H3. The Morgan fingerprint density at radius 3 is 2.56 bits per heavy atom. The summed E-state index contributed by atoms with van der Waals surface area (Å²) in [5.41, 5.74) is -0.157. The van der Waals surface area contributed by atoms with Crippen molar-refractivity contribution in [3.8, 4) is 0 Å². The number of alkyl halides is 3. The third kappa shape index (κ3) is 2.52. The predicted octanol–water partition coefficient (Wildman–Crippen LogP) is 3.30. The van der Waals surface area contributed by atoms with E-state index in [1.165, 1.54) is 12.3 Å². The summed E-state index contributed by atoms with van der Waals surface area (Å²) in [6.45, 7) is 1.95. The van der Waals surface area contributed by atoms with E-state index >= 15 is 0 Å². The molecule has 0 aliphatic carbocycles. The molecule has 6 heteroatoms. The van der Waals surface area contributed by atoms with Crippen LogP contribution in [0.4, 0.5) is 13.2 Å². The van der Waals surface area contributed by atoms with Crippen LogP contribution in [0.15, 0.2) is 36.8 Å². The fourth-order valence-corrected chi connectivity index (χ4v) is 1.81. The molecule has 1 unspecified atom stereocenters. The van der Waals surface area contributed by atoms with Gasteiger partial charge in [-0.15, -0.1) is 0 Å². The lowest BCUT2D eigenvalue weighted by molar-refractivity contribution is -0.141. The maximum absolute atomic E-state index is 12.4. The first-order chi connectivity index (χ1) is 8.52. The van der Waals surface area contributed by atoms with Gasteiger partial charge in [-0.25, -0.2) is 0 Å². The van der Waals surface area contributed by atoms with Crippen molar-refractivity contribution in [1.82, 2.24) is 14.8 Å². The van der Waals surface area contributed by atoms with Crippen molar-refractivity contribution >= 4 is 0 Å². The number of pyridine rings is 1. The topological polar surface area (TPSA) is 30.7 Å². The molecule has 0 saturated carbocycles. The molecular weight excluding hydrogens is 243 g/mol. The molecule has 0 saturated heterocycles. The molecule has 0 spiro atoms. The second-order valence-electron chi connectivity index (χ2n) is 3.88. The van der Waals surface area contributed by atoms with Crippen molar-refractivity contribution in [3.63, 3.8) is 0 Å². The van der Waals surface area contributed by atoms with E-state index in [0.29, 0.717) is 5.56 Å². The molecule has 0 fully saturated rings. The first-order valence-electron chi connectivity index (χ1n) is 5.54. The molecule has 1 atom stereocenters. The van der Waals surface area contributed by atoms with Gasteiger partial charge in [-0.3, -0.25) is 9.67 Å². The molecule has 0 bridgehead atoms. The van der Waals surface area contributed by atoms with Crippen molar-refractivity contribution in [2.75, 3.05) is 0 Å². The zero-order chi connectivity index (χ0) is 13.2. The highest BCUT2D eigenvalue weighted by Crippen LogP contribution is 2.28. The maximum Gasteiger partial charge on any atom is 0.433 e. The molecule has 3 nitrogen and oxygen atoms in total. The summed E-state index contributed by atoms with van der Waals surface area (Å²) in [4.78, 5) is 3.46. The van der Waals surface area contributed by atoms with E-state index < -0.39 is 11.9 Å². The van der Waals surface area contributed by atoms with Crippen molar-refractivity contribution in [2.24, 2.45) is 0 Å². The van der Waals surface area contributed by atoms with Crippen LogP contribution in [0.1, 0.15) is 30.6 Å². The fourth-order valence-electron chi connectivity index (χ4n) is 1.81. The Labute approximate surface area is 102 Å². The van der Waals surface area contributed by atoms with Crippen molar-refractivity contribution in [3.05, 3.63) is 48.0 Å². The molecule has 0 N–H and O–H groups in total. The first kappa shape index (κ1) is 12.6. The fraction of sp³-hybridized carbons (Fsp3) is 0.333. The molecule has 2 aromatic rings. The molecule has 2 aromatic heterocycles. The zero-order valence-electron chi connectivity index (χ0n) is 9.72. The van der Waals surface area contributed by atoms with Crippen LogP contribution in [0.3, 0.4) is 0 Å². The molecule has 2 rings (SSSR count). The summed E-state index contributed by atoms with van der Waals surface area (Å²) in [6.07, 6.45) is 1.02. The van der Waals surface area contributed by atoms with Crippen LogP contribution in [0, 0.1) is 0 Å². The van der Waals surface area contributed by atoms with Gasteiger partial charge in [0.15, 0.2) is 0 Å². The molecule has 0 aromatic carbocycles. The van der Waals surface area contributed by atoms with Crippen molar-refractivity contribution in [1.29, 1.82) is 0 Å². The van der Waals surface area contributed by atoms with E-state index in [9.17, 15) is 13.2 Å². The summed E-state index contributed by atoms with van der Waals surface area (Å²) in [5.74, 6) is 0. The molecule has 0 amide bonds. The summed E-state index contributed by atoms with van der Waals surface area (Å²) in [7, 11) is 0. The van der Waals surface area contributed by atoms with Crippen LogP contribution >= 0.6 is 0 Å². The van der Waals surface area contributed by atoms with Gasteiger partial charge in [0.25, 0.3) is 0 Å². The van der Waals surface area contributed by atoms with Crippen molar-refractivity contribution < 1.29 is 13.2 Å². The van der Waals surface area contributed by atoms with Gasteiger partial charge in [-0.1, -0.05) is 13.0 Å². The van der Waals surface area contributed by atoms with Crippen LogP contribution in [-0.4, -0.2) is 14.8 Å². The predicted molar refractivity (Wildman–Crippen MR) is 59.9 cm³/mol. The monoisotopic (exact) mass is 255 g/mol. The SMILES string of the molecule is CCC(c1ccc(C(F)(F)F)nc1)n1cccn1. The van der Waals surface area contributed by atoms with Gasteiger partial charge in [0.1, 0.15) is 5.69 Å². The van der Waals surface area contributed by atoms with E-state index in [2.05, 4.69) is 10.1 Å². The summed E-state index contributed by atoms with van der Waals surface area (Å²) >= 11 is 0. The van der Waals surface area contributed by atoms with E-state index in [1.54, 1.807) is 23.1 Å². The molecule has 0 aliphatic heterocycles. The minimum Gasteiger partial charge on any atom is -0.265 e. The van der Waals surface area contributed by atoms with Gasteiger partial charge in [-0.05, 0) is 24.1 Å². The minimum atomic E-state index is -4.40. The Kier molecular flexibility index (Phi) is 3.36. The van der Waals surface area contributed by atoms with E-state index in [1.807, 2.05) is 6.92 Å². The molecule has 2 heterocycles. The molecule has 0 aliphatic rings. The van der Waals surface area contributed by atoms with Crippen molar-refractivity contribution in [2.45, 2.75) is 25.6 Å². The normalized spacial score (nSPS) is 13.6. The van der Waals surface area contributed by atoms with Crippen LogP contribution in [0.25, 0.3) is 0 Å². The summed E-state index contributed by atoms with van der Waals surface area (Å²) in [6, 6.07) is 4.14. The number of aromatic nitrogens is 3. The lowest BCUT2D eigenvalue weighted by Crippen LogP contribution is -2.12. The quantitative estimate of drug-likeness (QED) is 0.842. The molecule has 96 valence electrons. The second-order valence-corrected chi connectivity index (χ2v) is 3.88. The number of nitrogens with zero attached hydrogens (tertiary/aromatic N) is 3. The third-order valence-corrected chi connectivity index (χ3v) is 2.69. The van der Waals surface area contributed by atoms with Crippen LogP contribution in [-0.2, 0) is 6.18 Å². The number of halogens is 3. The molecule has 0 radical (unpaired) electrons. The Bertz CT molecular complexity index is 488. The van der Waals surface area contributed by atoms with Gasteiger partial charge in [0.2, 0.25) is 0 Å². The smallest absolute Gasteiger partial charge is 0.265 e. The Balaban J connectivity index is 2.28. The van der Waals surface area contributed by atoms with Gasteiger partial charge in [-0.2, -0.15) is 18.3 Å². The Morgan fingerprint density at radius 2 is 2.11 bits per heavy atom.